The Morgan fingerprint density at radius 3 is 2.62 bits per heavy atom. The number of hydrogen-bond donors (Lipinski definition) is 1. The molecule has 1 saturated heterocycles. The topological polar surface area (TPSA) is 77.9 Å². The Bertz CT molecular complexity index is 662. The van der Waals surface area contributed by atoms with Crippen LogP contribution in [0, 0.1) is 0 Å². The van der Waals surface area contributed by atoms with Gasteiger partial charge < -0.3 is 10.0 Å². The highest BCUT2D eigenvalue weighted by Crippen LogP contribution is 2.28. The molecule has 1 aliphatic rings. The third-order valence-electron chi connectivity index (χ3n) is 3.53. The monoisotopic (exact) mass is 376 g/mol. The highest BCUT2D eigenvalue weighted by Gasteiger charge is 2.34. The molecule has 1 aliphatic heterocycles. The minimum atomic E-state index is -3.72. The summed E-state index contributed by atoms with van der Waals surface area (Å²) in [7, 11) is -1.78. The first-order chi connectivity index (χ1) is 9.73. The van der Waals surface area contributed by atoms with Gasteiger partial charge in [-0.3, -0.25) is 0 Å². The van der Waals surface area contributed by atoms with Crippen LogP contribution >= 0.6 is 15.9 Å². The molecule has 0 aliphatic carbocycles. The molecule has 0 radical (unpaired) electrons. The van der Waals surface area contributed by atoms with Gasteiger partial charge in [-0.05, 0) is 48.1 Å². The largest absolute Gasteiger partial charge is 0.478 e. The van der Waals surface area contributed by atoms with Crippen LogP contribution in [0.2, 0.25) is 0 Å². The maximum absolute atomic E-state index is 12.8. The molecule has 1 heterocycles. The van der Waals surface area contributed by atoms with E-state index in [1.54, 1.807) is 0 Å². The first-order valence-electron chi connectivity index (χ1n) is 6.46. The van der Waals surface area contributed by atoms with Crippen molar-refractivity contribution in [2.24, 2.45) is 0 Å². The Labute approximate surface area is 132 Å². The van der Waals surface area contributed by atoms with Gasteiger partial charge in [-0.15, -0.1) is 0 Å². The highest BCUT2D eigenvalue weighted by molar-refractivity contribution is 9.10. The fourth-order valence-electron chi connectivity index (χ4n) is 2.44. The van der Waals surface area contributed by atoms with Crippen molar-refractivity contribution >= 4 is 31.9 Å². The number of hydrogen-bond acceptors (Lipinski definition) is 4. The van der Waals surface area contributed by atoms with Gasteiger partial charge in [0.05, 0.1) is 10.5 Å². The van der Waals surface area contributed by atoms with E-state index in [4.69, 9.17) is 5.11 Å². The molecule has 0 saturated carbocycles. The zero-order chi connectivity index (χ0) is 15.8. The van der Waals surface area contributed by atoms with Gasteiger partial charge in [0.15, 0.2) is 0 Å². The van der Waals surface area contributed by atoms with Crippen molar-refractivity contribution in [1.29, 1.82) is 0 Å². The number of sulfonamides is 1. The van der Waals surface area contributed by atoms with E-state index in [2.05, 4.69) is 20.8 Å². The van der Waals surface area contributed by atoms with E-state index in [1.807, 2.05) is 14.0 Å². The summed E-state index contributed by atoms with van der Waals surface area (Å²) in [6.45, 7) is 3.54. The van der Waals surface area contributed by atoms with Crippen LogP contribution in [0.4, 0.5) is 0 Å². The summed E-state index contributed by atoms with van der Waals surface area (Å²) in [5, 5.41) is 9.03. The van der Waals surface area contributed by atoms with Crippen LogP contribution in [-0.2, 0) is 10.0 Å². The number of likely N-dealkylation sites (N-methyl/N-ethyl adjacent to an activating group) is 1. The second kappa shape index (κ2) is 6.04. The molecule has 8 heteroatoms. The van der Waals surface area contributed by atoms with Gasteiger partial charge in [-0.25, -0.2) is 13.2 Å². The molecular formula is C13H17BrN2O4S. The normalized spacial score (nSPS) is 21.4. The molecule has 1 aromatic carbocycles. The Morgan fingerprint density at radius 1 is 1.38 bits per heavy atom. The van der Waals surface area contributed by atoms with Crippen molar-refractivity contribution in [2.75, 3.05) is 26.7 Å². The first kappa shape index (κ1) is 16.4. The van der Waals surface area contributed by atoms with Crippen LogP contribution in [0.3, 0.4) is 0 Å². The number of rotatable bonds is 3. The number of carboxylic acid groups (broad SMARTS) is 1. The molecule has 1 N–H and O–H groups in total. The van der Waals surface area contributed by atoms with E-state index in [0.29, 0.717) is 24.1 Å². The number of halogens is 1. The van der Waals surface area contributed by atoms with E-state index in [0.717, 1.165) is 0 Å². The molecular weight excluding hydrogens is 360 g/mol. The zero-order valence-electron chi connectivity index (χ0n) is 11.8. The second-order valence-electron chi connectivity index (χ2n) is 5.18. The van der Waals surface area contributed by atoms with Gasteiger partial charge in [-0.2, -0.15) is 4.31 Å². The van der Waals surface area contributed by atoms with Crippen LogP contribution in [0.15, 0.2) is 27.6 Å². The van der Waals surface area contributed by atoms with Crippen LogP contribution in [-0.4, -0.2) is 61.4 Å². The van der Waals surface area contributed by atoms with Crippen molar-refractivity contribution in [3.8, 4) is 0 Å². The average molecular weight is 377 g/mol. The summed E-state index contributed by atoms with van der Waals surface area (Å²) >= 11 is 3.20. The van der Waals surface area contributed by atoms with Gasteiger partial charge in [0, 0.05) is 30.1 Å². The predicted molar refractivity (Wildman–Crippen MR) is 82.0 cm³/mol. The molecule has 21 heavy (non-hydrogen) atoms. The Morgan fingerprint density at radius 2 is 2.05 bits per heavy atom. The Hall–Kier alpha value is -0.960. The van der Waals surface area contributed by atoms with Crippen LogP contribution in [0.5, 0.6) is 0 Å². The lowest BCUT2D eigenvalue weighted by atomic mass is 10.2. The number of carboxylic acids is 1. The maximum Gasteiger partial charge on any atom is 0.335 e. The minimum Gasteiger partial charge on any atom is -0.478 e. The van der Waals surface area contributed by atoms with Gasteiger partial charge in [-0.1, -0.05) is 0 Å². The predicted octanol–water partition coefficient (Wildman–Crippen LogP) is 1.47. The summed E-state index contributed by atoms with van der Waals surface area (Å²) in [6.07, 6.45) is 0. The Kier molecular flexibility index (Phi) is 4.72. The van der Waals surface area contributed by atoms with E-state index >= 15 is 0 Å². The van der Waals surface area contributed by atoms with Crippen molar-refractivity contribution in [3.05, 3.63) is 28.2 Å². The van der Waals surface area contributed by atoms with E-state index in [1.165, 1.54) is 22.5 Å². The molecule has 1 aromatic rings. The molecule has 1 unspecified atom stereocenters. The van der Waals surface area contributed by atoms with Crippen LogP contribution in [0.25, 0.3) is 0 Å². The molecule has 0 aromatic heterocycles. The quantitative estimate of drug-likeness (QED) is 0.863. The standard InChI is InChI=1S/C13H17BrN2O4S/c1-9-8-15(2)5-6-16(9)21(19,20)12-7-10(13(17)18)3-4-11(12)14/h3-4,7,9H,5-6,8H2,1-2H3,(H,17,18). The van der Waals surface area contributed by atoms with E-state index in [9.17, 15) is 13.2 Å². The summed E-state index contributed by atoms with van der Waals surface area (Å²) < 4.78 is 27.4. The van der Waals surface area contributed by atoms with E-state index < -0.39 is 16.0 Å². The number of aromatic carboxylic acids is 1. The molecule has 1 fully saturated rings. The minimum absolute atomic E-state index is 0.00111. The molecule has 0 bridgehead atoms. The fraction of sp³-hybridized carbons (Fsp3) is 0.462. The van der Waals surface area contributed by atoms with Gasteiger partial charge >= 0.3 is 5.97 Å². The highest BCUT2D eigenvalue weighted by atomic mass is 79.9. The second-order valence-corrected chi connectivity index (χ2v) is 7.89. The number of piperazine rings is 1. The summed E-state index contributed by atoms with van der Waals surface area (Å²) in [6, 6.07) is 3.87. The van der Waals surface area contributed by atoms with Crippen LogP contribution in [0.1, 0.15) is 17.3 Å². The molecule has 116 valence electrons. The van der Waals surface area contributed by atoms with Crippen molar-refractivity contribution < 1.29 is 18.3 Å². The smallest absolute Gasteiger partial charge is 0.335 e. The molecule has 1 atom stereocenters. The zero-order valence-corrected chi connectivity index (χ0v) is 14.2. The summed E-state index contributed by atoms with van der Waals surface area (Å²) in [5.74, 6) is -1.15. The van der Waals surface area contributed by atoms with Crippen molar-refractivity contribution in [2.45, 2.75) is 17.9 Å². The molecule has 0 spiro atoms. The first-order valence-corrected chi connectivity index (χ1v) is 8.70. The molecule has 6 nitrogen and oxygen atoms in total. The number of nitrogens with zero attached hydrogens (tertiary/aromatic N) is 2. The van der Waals surface area contributed by atoms with Gasteiger partial charge in [0.1, 0.15) is 0 Å². The maximum atomic E-state index is 12.8. The summed E-state index contributed by atoms with van der Waals surface area (Å²) in [5.41, 5.74) is -0.0430. The third-order valence-corrected chi connectivity index (χ3v) is 6.54. The molecule has 0 amide bonds. The van der Waals surface area contributed by atoms with Crippen molar-refractivity contribution in [1.82, 2.24) is 9.21 Å². The average Bonchev–Trinajstić information content (AvgIpc) is 2.38. The number of carbonyl (C=O) groups is 1. The van der Waals surface area contributed by atoms with Crippen molar-refractivity contribution in [3.63, 3.8) is 0 Å². The van der Waals surface area contributed by atoms with Crippen LogP contribution < -0.4 is 0 Å². The Balaban J connectivity index is 2.44. The SMILES string of the molecule is CC1CN(C)CCN1S(=O)(=O)c1cc(C(=O)O)ccc1Br. The van der Waals surface area contributed by atoms with Gasteiger partial charge in [0.25, 0.3) is 0 Å². The summed E-state index contributed by atoms with van der Waals surface area (Å²) in [4.78, 5) is 13.1. The molecule has 2 rings (SSSR count). The number of benzene rings is 1. The fourth-order valence-corrected chi connectivity index (χ4v) is 5.01. The third kappa shape index (κ3) is 3.28. The van der Waals surface area contributed by atoms with Gasteiger partial charge in [0.2, 0.25) is 10.0 Å². The lowest BCUT2D eigenvalue weighted by Crippen LogP contribution is -2.52. The lowest BCUT2D eigenvalue weighted by Gasteiger charge is -2.37. The lowest BCUT2D eigenvalue weighted by molar-refractivity contribution is 0.0696. The van der Waals surface area contributed by atoms with E-state index in [-0.39, 0.29) is 16.5 Å².